The summed E-state index contributed by atoms with van der Waals surface area (Å²) < 4.78 is 39.5. The molecule has 1 fully saturated rings. The molecule has 0 bridgehead atoms. The highest BCUT2D eigenvalue weighted by atomic mass is 19.4. The van der Waals surface area contributed by atoms with Crippen LogP contribution in [0, 0.1) is 5.92 Å². The van der Waals surface area contributed by atoms with Crippen LogP contribution in [0.3, 0.4) is 0 Å². The van der Waals surface area contributed by atoms with Crippen LogP contribution in [0.4, 0.5) is 18.0 Å². The third-order valence-corrected chi connectivity index (χ3v) is 6.26. The van der Waals surface area contributed by atoms with Crippen molar-refractivity contribution in [1.82, 2.24) is 10.2 Å². The number of hydrogen-bond donors (Lipinski definition) is 2. The second kappa shape index (κ2) is 7.37. The number of rotatable bonds is 2. The molecule has 4 nitrogen and oxygen atoms in total. The minimum Gasteiger partial charge on any atom is -0.351 e. The number of fused-ring (bicyclic) bond motifs is 1. The van der Waals surface area contributed by atoms with Gasteiger partial charge in [-0.1, -0.05) is 36.4 Å². The maximum absolute atomic E-state index is 13.2. The number of hydrogen-bond acceptors (Lipinski definition) is 2. The Hall–Kier alpha value is -2.54. The Bertz CT molecular complexity index is 891. The van der Waals surface area contributed by atoms with Gasteiger partial charge in [0.1, 0.15) is 0 Å². The number of nitrogens with two attached hydrogens (primary N) is 1. The van der Waals surface area contributed by atoms with E-state index in [1.807, 2.05) is 24.3 Å². The van der Waals surface area contributed by atoms with Crippen molar-refractivity contribution in [2.24, 2.45) is 11.7 Å². The maximum atomic E-state index is 13.2. The van der Waals surface area contributed by atoms with Crippen LogP contribution >= 0.6 is 0 Å². The van der Waals surface area contributed by atoms with Gasteiger partial charge >= 0.3 is 12.2 Å². The van der Waals surface area contributed by atoms with E-state index in [-0.39, 0.29) is 5.92 Å². The normalized spacial score (nSPS) is 24.8. The van der Waals surface area contributed by atoms with Crippen LogP contribution in [-0.4, -0.2) is 30.6 Å². The predicted octanol–water partition coefficient (Wildman–Crippen LogP) is 3.89. The number of amides is 2. The molecule has 0 saturated carbocycles. The second-order valence-electron chi connectivity index (χ2n) is 7.78. The highest BCUT2D eigenvalue weighted by molar-refractivity contribution is 5.75. The average molecular weight is 403 g/mol. The number of nitrogens with one attached hydrogen (secondary N) is 1. The van der Waals surface area contributed by atoms with Crippen molar-refractivity contribution in [3.63, 3.8) is 0 Å². The lowest BCUT2D eigenvalue weighted by Gasteiger charge is -2.53. The van der Waals surface area contributed by atoms with Crippen molar-refractivity contribution < 1.29 is 18.0 Å². The van der Waals surface area contributed by atoms with Gasteiger partial charge < -0.3 is 16.0 Å². The average Bonchev–Trinajstić information content (AvgIpc) is 2.73. The van der Waals surface area contributed by atoms with Crippen molar-refractivity contribution >= 4 is 6.03 Å². The molecule has 2 amide bonds. The molecule has 29 heavy (non-hydrogen) atoms. The predicted molar refractivity (Wildman–Crippen MR) is 104 cm³/mol. The quantitative estimate of drug-likeness (QED) is 0.800. The Morgan fingerprint density at radius 3 is 2.48 bits per heavy atom. The number of primary amides is 1. The highest BCUT2D eigenvalue weighted by Gasteiger charge is 2.51. The number of carbonyl (C=O) groups is 1. The molecule has 7 heteroatoms. The zero-order valence-corrected chi connectivity index (χ0v) is 16.0. The van der Waals surface area contributed by atoms with Crippen molar-refractivity contribution in [2.45, 2.75) is 31.0 Å². The SMILES string of the molecule is NC(=O)N1CCc2ccccc2C1(c1ccc(C(F)(F)F)cc1)[C@@H]1CCCNC1. The van der Waals surface area contributed by atoms with E-state index in [0.29, 0.717) is 25.1 Å². The lowest BCUT2D eigenvalue weighted by molar-refractivity contribution is -0.137. The first-order chi connectivity index (χ1) is 13.8. The number of urea groups is 1. The van der Waals surface area contributed by atoms with E-state index in [1.165, 1.54) is 12.1 Å². The first-order valence-electron chi connectivity index (χ1n) is 9.89. The van der Waals surface area contributed by atoms with Crippen LogP contribution in [0.1, 0.15) is 35.1 Å². The van der Waals surface area contributed by atoms with Gasteiger partial charge in [-0.3, -0.25) is 0 Å². The molecular weight excluding hydrogens is 379 g/mol. The van der Waals surface area contributed by atoms with Crippen LogP contribution in [0.5, 0.6) is 0 Å². The standard InChI is InChI=1S/C22H24F3N3O/c23-22(24,25)17-9-7-16(8-10-17)21(18-5-3-12-27-14-18)19-6-2-1-4-15(19)11-13-28(21)20(26)29/h1-2,4,6-10,18,27H,3,5,11-14H2,(H2,26,29)/t18-,21?/m1/s1. The van der Waals surface area contributed by atoms with Gasteiger partial charge in [0, 0.05) is 19.0 Å². The lowest BCUT2D eigenvalue weighted by Crippen LogP contribution is -2.61. The van der Waals surface area contributed by atoms with E-state index in [2.05, 4.69) is 5.32 Å². The summed E-state index contributed by atoms with van der Waals surface area (Å²) in [5.41, 5.74) is 6.97. The van der Waals surface area contributed by atoms with Gasteiger partial charge in [-0.15, -0.1) is 0 Å². The van der Waals surface area contributed by atoms with Crippen LogP contribution in [0.2, 0.25) is 0 Å². The number of piperidine rings is 1. The fourth-order valence-corrected chi connectivity index (χ4v) is 5.06. The van der Waals surface area contributed by atoms with E-state index in [9.17, 15) is 18.0 Å². The molecule has 2 aliphatic heterocycles. The second-order valence-corrected chi connectivity index (χ2v) is 7.78. The Balaban J connectivity index is 1.96. The number of nitrogens with zero attached hydrogens (tertiary/aromatic N) is 1. The fourth-order valence-electron chi connectivity index (χ4n) is 5.06. The minimum absolute atomic E-state index is 0.00179. The van der Waals surface area contributed by atoms with Gasteiger partial charge in [-0.2, -0.15) is 13.2 Å². The number of carbonyl (C=O) groups excluding carboxylic acids is 1. The molecule has 1 unspecified atom stereocenters. The number of alkyl halides is 3. The summed E-state index contributed by atoms with van der Waals surface area (Å²) in [4.78, 5) is 14.2. The molecule has 0 aromatic heterocycles. The Kier molecular flexibility index (Phi) is 5.02. The van der Waals surface area contributed by atoms with Gasteiger partial charge in [-0.25, -0.2) is 4.79 Å². The summed E-state index contributed by atoms with van der Waals surface area (Å²) in [7, 11) is 0. The summed E-state index contributed by atoms with van der Waals surface area (Å²) >= 11 is 0. The third-order valence-electron chi connectivity index (χ3n) is 6.26. The van der Waals surface area contributed by atoms with Crippen LogP contribution in [0.25, 0.3) is 0 Å². The minimum atomic E-state index is -4.41. The van der Waals surface area contributed by atoms with Gasteiger partial charge in [-0.05, 0) is 54.6 Å². The Morgan fingerprint density at radius 1 is 1.14 bits per heavy atom. The summed E-state index contributed by atoms with van der Waals surface area (Å²) in [5.74, 6) is 0.00179. The molecule has 2 heterocycles. The molecule has 0 spiro atoms. The first kappa shape index (κ1) is 19.8. The maximum Gasteiger partial charge on any atom is 0.416 e. The van der Waals surface area contributed by atoms with E-state index < -0.39 is 23.3 Å². The van der Waals surface area contributed by atoms with Crippen LogP contribution in [-0.2, 0) is 18.1 Å². The summed E-state index contributed by atoms with van der Waals surface area (Å²) in [5, 5.41) is 3.39. The largest absolute Gasteiger partial charge is 0.416 e. The van der Waals surface area contributed by atoms with Gasteiger partial charge in [0.05, 0.1) is 11.1 Å². The molecule has 2 aliphatic rings. The topological polar surface area (TPSA) is 58.4 Å². The Labute approximate surface area is 167 Å². The number of halogens is 3. The summed E-state index contributed by atoms with van der Waals surface area (Å²) in [6, 6.07) is 12.6. The number of benzene rings is 2. The van der Waals surface area contributed by atoms with Crippen molar-refractivity contribution in [2.75, 3.05) is 19.6 Å². The zero-order chi connectivity index (χ0) is 20.6. The fraction of sp³-hybridized carbons (Fsp3) is 0.409. The van der Waals surface area contributed by atoms with Crippen molar-refractivity contribution in [3.05, 3.63) is 70.8 Å². The van der Waals surface area contributed by atoms with Gasteiger partial charge in [0.2, 0.25) is 0 Å². The molecular formula is C22H24F3N3O. The summed E-state index contributed by atoms with van der Waals surface area (Å²) in [6.45, 7) is 1.99. The van der Waals surface area contributed by atoms with E-state index in [1.54, 1.807) is 4.90 Å². The molecule has 2 aromatic rings. The van der Waals surface area contributed by atoms with E-state index in [0.717, 1.165) is 42.6 Å². The van der Waals surface area contributed by atoms with Gasteiger partial charge in [0.15, 0.2) is 0 Å². The van der Waals surface area contributed by atoms with E-state index >= 15 is 0 Å². The summed E-state index contributed by atoms with van der Waals surface area (Å²) in [6.07, 6.45) is -1.96. The molecule has 4 rings (SSSR count). The monoisotopic (exact) mass is 403 g/mol. The van der Waals surface area contributed by atoms with Crippen LogP contribution < -0.4 is 11.1 Å². The first-order valence-corrected chi connectivity index (χ1v) is 9.89. The van der Waals surface area contributed by atoms with E-state index in [4.69, 9.17) is 5.73 Å². The van der Waals surface area contributed by atoms with Crippen molar-refractivity contribution in [1.29, 1.82) is 0 Å². The highest BCUT2D eigenvalue weighted by Crippen LogP contribution is 2.49. The molecule has 0 aliphatic carbocycles. The molecule has 154 valence electrons. The molecule has 2 aromatic carbocycles. The zero-order valence-electron chi connectivity index (χ0n) is 16.0. The molecule has 3 N–H and O–H groups in total. The lowest BCUT2D eigenvalue weighted by atomic mass is 9.66. The smallest absolute Gasteiger partial charge is 0.351 e. The third kappa shape index (κ3) is 3.27. The molecule has 0 radical (unpaired) electrons. The van der Waals surface area contributed by atoms with Crippen molar-refractivity contribution in [3.8, 4) is 0 Å². The van der Waals surface area contributed by atoms with Crippen LogP contribution in [0.15, 0.2) is 48.5 Å². The molecule has 1 saturated heterocycles. The molecule has 2 atom stereocenters. The Morgan fingerprint density at radius 2 is 1.86 bits per heavy atom. The van der Waals surface area contributed by atoms with Gasteiger partial charge in [0.25, 0.3) is 0 Å².